The second-order valence-electron chi connectivity index (χ2n) is 5.36. The van der Waals surface area contributed by atoms with Crippen LogP contribution >= 0.6 is 0 Å². The highest BCUT2D eigenvalue weighted by Gasteiger charge is 2.42. The maximum atomic E-state index is 14.0. The first-order chi connectivity index (χ1) is 8.15. The van der Waals surface area contributed by atoms with Crippen molar-refractivity contribution in [3.05, 3.63) is 29.3 Å². The summed E-state index contributed by atoms with van der Waals surface area (Å²) in [6.45, 7) is 0.778. The Balaban J connectivity index is 1.62. The Hall–Kier alpha value is -1.09. The smallest absolute Gasteiger partial charge is 0.122 e. The summed E-state index contributed by atoms with van der Waals surface area (Å²) in [5.41, 5.74) is 7.11. The Morgan fingerprint density at radius 2 is 2.24 bits per heavy atom. The Bertz CT molecular complexity index is 426. The van der Waals surface area contributed by atoms with Crippen LogP contribution in [0.25, 0.3) is 0 Å². The van der Waals surface area contributed by atoms with Crippen LogP contribution in [0.1, 0.15) is 30.4 Å². The third-order valence-electron chi connectivity index (χ3n) is 3.87. The predicted octanol–water partition coefficient (Wildman–Crippen LogP) is 2.38. The zero-order valence-electron chi connectivity index (χ0n) is 9.92. The number of benzene rings is 1. The van der Waals surface area contributed by atoms with Gasteiger partial charge in [-0.25, -0.2) is 4.39 Å². The molecule has 3 heteroatoms. The first-order valence-electron chi connectivity index (χ1n) is 6.34. The van der Waals surface area contributed by atoms with E-state index in [0.29, 0.717) is 19.3 Å². The maximum Gasteiger partial charge on any atom is 0.122 e. The Labute approximate surface area is 101 Å². The molecule has 0 amide bonds. The highest BCUT2D eigenvalue weighted by Crippen LogP contribution is 2.39. The summed E-state index contributed by atoms with van der Waals surface area (Å²) in [6.07, 6.45) is 3.44. The summed E-state index contributed by atoms with van der Waals surface area (Å²) in [5.74, 6) is 0.995. The van der Waals surface area contributed by atoms with Gasteiger partial charge in [0.05, 0.1) is 6.61 Å². The molecule has 1 fully saturated rings. The minimum atomic E-state index is -1.01. The predicted molar refractivity (Wildman–Crippen MR) is 65.0 cm³/mol. The molecule has 1 heterocycles. The van der Waals surface area contributed by atoms with Crippen molar-refractivity contribution in [2.75, 3.05) is 6.61 Å². The fourth-order valence-electron chi connectivity index (χ4n) is 2.85. The highest BCUT2D eigenvalue weighted by molar-refractivity contribution is 5.39. The van der Waals surface area contributed by atoms with E-state index in [1.54, 1.807) is 0 Å². The number of aryl methyl sites for hydroxylation is 1. The third kappa shape index (κ3) is 2.16. The molecule has 3 rings (SSSR count). The highest BCUT2D eigenvalue weighted by atomic mass is 19.1. The van der Waals surface area contributed by atoms with Gasteiger partial charge in [0.2, 0.25) is 0 Å². The first-order valence-corrected chi connectivity index (χ1v) is 6.34. The molecule has 0 bridgehead atoms. The molecule has 1 aliphatic carbocycles. The van der Waals surface area contributed by atoms with E-state index in [4.69, 9.17) is 10.5 Å². The minimum absolute atomic E-state index is 0.0772. The van der Waals surface area contributed by atoms with Gasteiger partial charge in [-0.3, -0.25) is 0 Å². The second kappa shape index (κ2) is 3.98. The molecule has 0 spiro atoms. The SMILES string of the molecule is NC1CC(F)(CCc2ccc3c(c2)CCO3)C1. The number of hydrogen-bond donors (Lipinski definition) is 1. The molecule has 2 aliphatic rings. The van der Waals surface area contributed by atoms with Crippen LogP contribution in [0.2, 0.25) is 0 Å². The topological polar surface area (TPSA) is 35.2 Å². The molecule has 0 unspecified atom stereocenters. The molecule has 1 saturated carbocycles. The lowest BCUT2D eigenvalue weighted by molar-refractivity contribution is 0.0354. The van der Waals surface area contributed by atoms with Crippen LogP contribution in [0.5, 0.6) is 5.75 Å². The third-order valence-corrected chi connectivity index (χ3v) is 3.87. The lowest BCUT2D eigenvalue weighted by Gasteiger charge is -2.39. The van der Waals surface area contributed by atoms with Crippen molar-refractivity contribution in [3.8, 4) is 5.75 Å². The zero-order valence-corrected chi connectivity index (χ0v) is 9.92. The van der Waals surface area contributed by atoms with Gasteiger partial charge in [0.15, 0.2) is 0 Å². The van der Waals surface area contributed by atoms with Crippen LogP contribution in [0.3, 0.4) is 0 Å². The summed E-state index contributed by atoms with van der Waals surface area (Å²) in [5, 5.41) is 0. The lowest BCUT2D eigenvalue weighted by Crippen LogP contribution is -2.48. The second-order valence-corrected chi connectivity index (χ2v) is 5.36. The molecule has 0 saturated heterocycles. The molecule has 2 N–H and O–H groups in total. The number of rotatable bonds is 3. The molecule has 1 aliphatic heterocycles. The number of fused-ring (bicyclic) bond motifs is 1. The molecular formula is C14H18FNO. The molecule has 1 aromatic rings. The van der Waals surface area contributed by atoms with Gasteiger partial charge in [-0.2, -0.15) is 0 Å². The van der Waals surface area contributed by atoms with E-state index in [1.807, 2.05) is 12.1 Å². The van der Waals surface area contributed by atoms with Gasteiger partial charge in [-0.1, -0.05) is 12.1 Å². The van der Waals surface area contributed by atoms with E-state index in [1.165, 1.54) is 11.1 Å². The number of ether oxygens (including phenoxy) is 1. The molecule has 0 aromatic heterocycles. The van der Waals surface area contributed by atoms with Crippen molar-refractivity contribution < 1.29 is 9.13 Å². The maximum absolute atomic E-state index is 14.0. The number of halogens is 1. The Morgan fingerprint density at radius 1 is 1.41 bits per heavy atom. The normalized spacial score (nSPS) is 30.6. The van der Waals surface area contributed by atoms with Crippen molar-refractivity contribution in [2.45, 2.75) is 43.8 Å². The van der Waals surface area contributed by atoms with Crippen molar-refractivity contribution in [2.24, 2.45) is 5.73 Å². The fourth-order valence-corrected chi connectivity index (χ4v) is 2.85. The van der Waals surface area contributed by atoms with Crippen molar-refractivity contribution in [1.82, 2.24) is 0 Å². The van der Waals surface area contributed by atoms with Gasteiger partial charge in [-0.05, 0) is 42.9 Å². The molecule has 2 nitrogen and oxygen atoms in total. The molecule has 0 atom stereocenters. The first kappa shape index (κ1) is 11.0. The van der Waals surface area contributed by atoms with E-state index in [-0.39, 0.29) is 6.04 Å². The Morgan fingerprint density at radius 3 is 3.00 bits per heavy atom. The summed E-state index contributed by atoms with van der Waals surface area (Å²) < 4.78 is 19.5. The van der Waals surface area contributed by atoms with Gasteiger partial charge in [-0.15, -0.1) is 0 Å². The summed E-state index contributed by atoms with van der Waals surface area (Å²) in [4.78, 5) is 0. The largest absolute Gasteiger partial charge is 0.493 e. The van der Waals surface area contributed by atoms with Gasteiger partial charge < -0.3 is 10.5 Å². The van der Waals surface area contributed by atoms with E-state index in [0.717, 1.165) is 25.2 Å². The van der Waals surface area contributed by atoms with E-state index >= 15 is 0 Å². The van der Waals surface area contributed by atoms with E-state index in [9.17, 15) is 4.39 Å². The number of nitrogens with two attached hydrogens (primary N) is 1. The van der Waals surface area contributed by atoms with Gasteiger partial charge in [0, 0.05) is 12.5 Å². The van der Waals surface area contributed by atoms with Crippen LogP contribution < -0.4 is 10.5 Å². The van der Waals surface area contributed by atoms with Crippen molar-refractivity contribution >= 4 is 0 Å². The van der Waals surface area contributed by atoms with Crippen LogP contribution in [0.15, 0.2) is 18.2 Å². The Kier molecular flexibility index (Phi) is 2.58. The molecule has 1 aromatic carbocycles. The molecule has 0 radical (unpaired) electrons. The van der Waals surface area contributed by atoms with Crippen LogP contribution in [-0.4, -0.2) is 18.3 Å². The molecule has 92 valence electrons. The van der Waals surface area contributed by atoms with Crippen LogP contribution in [-0.2, 0) is 12.8 Å². The van der Waals surface area contributed by atoms with Crippen molar-refractivity contribution in [3.63, 3.8) is 0 Å². The van der Waals surface area contributed by atoms with E-state index in [2.05, 4.69) is 6.07 Å². The van der Waals surface area contributed by atoms with E-state index < -0.39 is 5.67 Å². The number of hydrogen-bond acceptors (Lipinski definition) is 2. The van der Waals surface area contributed by atoms with Gasteiger partial charge in [0.1, 0.15) is 11.4 Å². The van der Waals surface area contributed by atoms with Crippen molar-refractivity contribution in [1.29, 1.82) is 0 Å². The molecule has 17 heavy (non-hydrogen) atoms. The monoisotopic (exact) mass is 235 g/mol. The lowest BCUT2D eigenvalue weighted by atomic mass is 9.74. The fraction of sp³-hybridized carbons (Fsp3) is 0.571. The van der Waals surface area contributed by atoms with Crippen LogP contribution in [0, 0.1) is 0 Å². The van der Waals surface area contributed by atoms with Gasteiger partial charge in [0.25, 0.3) is 0 Å². The van der Waals surface area contributed by atoms with Crippen LogP contribution in [0.4, 0.5) is 4.39 Å². The summed E-state index contributed by atoms with van der Waals surface area (Å²) >= 11 is 0. The van der Waals surface area contributed by atoms with Gasteiger partial charge >= 0.3 is 0 Å². The average Bonchev–Trinajstić information content (AvgIpc) is 2.71. The quantitative estimate of drug-likeness (QED) is 0.873. The zero-order chi connectivity index (χ0) is 11.9. The molecular weight excluding hydrogens is 217 g/mol. The minimum Gasteiger partial charge on any atom is -0.493 e. The summed E-state index contributed by atoms with van der Waals surface area (Å²) in [7, 11) is 0. The number of alkyl halides is 1. The standard InChI is InChI=1S/C14H18FNO/c15-14(8-12(16)9-14)5-3-10-1-2-13-11(7-10)4-6-17-13/h1-2,7,12H,3-6,8-9,16H2. The average molecular weight is 235 g/mol. The summed E-state index contributed by atoms with van der Waals surface area (Å²) in [6, 6.07) is 6.29.